The minimum atomic E-state index is -4.49. The number of methoxy groups -OCH3 is 1. The molecule has 0 amide bonds. The Labute approximate surface area is 352 Å². The van der Waals surface area contributed by atoms with Crippen molar-refractivity contribution < 1.29 is 17.9 Å². The molecule has 60 heavy (non-hydrogen) atoms. The number of hydrogen-bond acceptors (Lipinski definition) is 1. The van der Waals surface area contributed by atoms with Crippen molar-refractivity contribution in [2.45, 2.75) is 59.1 Å². The van der Waals surface area contributed by atoms with Crippen molar-refractivity contribution in [3.05, 3.63) is 186 Å². The molecule has 0 fully saturated rings. The Hall–Kier alpha value is -6.57. The molecule has 0 unspecified atom stereocenters. The number of hydrogen-bond donors (Lipinski definition) is 0. The number of ether oxygens (including phenoxy) is 1. The Morgan fingerprint density at radius 1 is 0.433 bits per heavy atom. The van der Waals surface area contributed by atoms with Crippen LogP contribution in [0.4, 0.5) is 13.2 Å². The molecule has 0 saturated heterocycles. The molecule has 0 spiro atoms. The van der Waals surface area contributed by atoms with E-state index in [4.69, 9.17) is 4.74 Å². The molecule has 0 radical (unpaired) electrons. The van der Waals surface area contributed by atoms with Gasteiger partial charge in [-0.2, -0.15) is 13.2 Å². The van der Waals surface area contributed by atoms with E-state index in [1.807, 2.05) is 30.3 Å². The first-order valence-electron chi connectivity index (χ1n) is 20.6. The van der Waals surface area contributed by atoms with Gasteiger partial charge in [0, 0.05) is 21.9 Å². The summed E-state index contributed by atoms with van der Waals surface area (Å²) in [5.41, 5.74) is 13.7. The molecule has 298 valence electrons. The maximum Gasteiger partial charge on any atom is 0.416 e. The van der Waals surface area contributed by atoms with Gasteiger partial charge in [0.25, 0.3) is 0 Å². The van der Waals surface area contributed by atoms with E-state index in [0.717, 1.165) is 90.6 Å². The molecule has 1 nitrogen and oxygen atoms in total. The van der Waals surface area contributed by atoms with E-state index in [2.05, 4.69) is 144 Å². The van der Waals surface area contributed by atoms with Gasteiger partial charge in [-0.1, -0.05) is 174 Å². The van der Waals surface area contributed by atoms with Crippen LogP contribution in [0.3, 0.4) is 0 Å². The molecule has 0 aromatic heterocycles. The fourth-order valence-corrected chi connectivity index (χ4v) is 8.23. The average Bonchev–Trinajstić information content (AvgIpc) is 3.27. The van der Waals surface area contributed by atoms with Crippen LogP contribution in [0.5, 0.6) is 5.75 Å². The highest BCUT2D eigenvalue weighted by Crippen LogP contribution is 2.55. The first-order chi connectivity index (χ1) is 28.9. The highest BCUT2D eigenvalue weighted by Gasteiger charge is 2.32. The lowest BCUT2D eigenvalue weighted by atomic mass is 9.75. The van der Waals surface area contributed by atoms with E-state index in [1.165, 1.54) is 28.8 Å². The molecule has 0 saturated carbocycles. The first-order valence-corrected chi connectivity index (χ1v) is 20.6. The fraction of sp³-hybridized carbons (Fsp3) is 0.179. The third-order valence-corrected chi connectivity index (χ3v) is 11.6. The molecule has 0 N–H and O–H groups in total. The summed E-state index contributed by atoms with van der Waals surface area (Å²) in [5, 5.41) is 1.83. The van der Waals surface area contributed by atoms with Crippen molar-refractivity contribution in [1.29, 1.82) is 0 Å². The third-order valence-electron chi connectivity index (χ3n) is 11.6. The van der Waals surface area contributed by atoms with Crippen molar-refractivity contribution in [3.8, 4) is 72.5 Å². The van der Waals surface area contributed by atoms with Crippen molar-refractivity contribution >= 4 is 10.8 Å². The van der Waals surface area contributed by atoms with Gasteiger partial charge in [-0.25, -0.2) is 0 Å². The molecular weight excluding hydrogens is 746 g/mol. The zero-order valence-electron chi connectivity index (χ0n) is 34.9. The number of rotatable bonds is 9. The molecule has 0 bridgehead atoms. The summed E-state index contributed by atoms with van der Waals surface area (Å²) >= 11 is 0. The van der Waals surface area contributed by atoms with E-state index in [0.29, 0.717) is 5.56 Å². The van der Waals surface area contributed by atoms with Crippen LogP contribution in [0.2, 0.25) is 0 Å². The highest BCUT2D eigenvalue weighted by atomic mass is 19.4. The predicted octanol–water partition coefficient (Wildman–Crippen LogP) is 15.9. The van der Waals surface area contributed by atoms with Crippen LogP contribution in [0.25, 0.3) is 77.5 Å². The van der Waals surface area contributed by atoms with Gasteiger partial charge in [0.1, 0.15) is 5.75 Å². The van der Waals surface area contributed by atoms with Crippen molar-refractivity contribution in [2.24, 2.45) is 0 Å². The monoisotopic (exact) mass is 792 g/mol. The van der Waals surface area contributed by atoms with Crippen molar-refractivity contribution in [2.75, 3.05) is 7.11 Å². The Morgan fingerprint density at radius 2 is 0.800 bits per heavy atom. The summed E-state index contributed by atoms with van der Waals surface area (Å²) < 4.78 is 48.4. The summed E-state index contributed by atoms with van der Waals surface area (Å²) in [7, 11) is 1.66. The van der Waals surface area contributed by atoms with Gasteiger partial charge >= 0.3 is 6.18 Å². The lowest BCUT2D eigenvalue weighted by molar-refractivity contribution is -0.137. The lowest BCUT2D eigenvalue weighted by Crippen LogP contribution is -2.10. The van der Waals surface area contributed by atoms with Crippen LogP contribution < -0.4 is 4.74 Å². The normalized spacial score (nSPS) is 11.8. The van der Waals surface area contributed by atoms with E-state index >= 15 is 0 Å². The molecule has 0 atom stereocenters. The smallest absolute Gasteiger partial charge is 0.416 e. The number of aryl methyl sites for hydroxylation is 2. The van der Waals surface area contributed by atoms with Gasteiger partial charge in [-0.15, -0.1) is 0 Å². The Kier molecular flexibility index (Phi) is 10.9. The van der Waals surface area contributed by atoms with Gasteiger partial charge < -0.3 is 4.74 Å². The largest absolute Gasteiger partial charge is 0.497 e. The van der Waals surface area contributed by atoms with E-state index in [9.17, 15) is 13.2 Å². The summed E-state index contributed by atoms with van der Waals surface area (Å²) in [6.45, 7) is 10.9. The van der Waals surface area contributed by atoms with Crippen LogP contribution in [0, 0.1) is 12.1 Å². The second kappa shape index (κ2) is 16.2. The number of alkyl halides is 3. The van der Waals surface area contributed by atoms with E-state index < -0.39 is 11.7 Å². The first kappa shape index (κ1) is 40.2. The van der Waals surface area contributed by atoms with Gasteiger partial charge in [0.2, 0.25) is 0 Å². The topological polar surface area (TPSA) is 9.23 Å². The van der Waals surface area contributed by atoms with Crippen LogP contribution >= 0.6 is 0 Å². The van der Waals surface area contributed by atoms with Crippen molar-refractivity contribution in [3.63, 3.8) is 0 Å². The SMILES string of the molecule is CCc1ccc(-c2c#cc(-c3ccc(CC)cc3)c3c(-c4ccc(C(F)(F)F)cc4)c(-c4ccccc4)c(-c4ccc(OC)cc4)c(-c4ccc(C(C)(C)C)cc4)c23)cc1. The predicted molar refractivity (Wildman–Crippen MR) is 243 cm³/mol. The van der Waals surface area contributed by atoms with Crippen LogP contribution in [-0.2, 0) is 24.4 Å². The lowest BCUT2D eigenvalue weighted by Gasteiger charge is -2.27. The van der Waals surface area contributed by atoms with Gasteiger partial charge in [0.05, 0.1) is 12.7 Å². The summed E-state index contributed by atoms with van der Waals surface area (Å²) in [6.07, 6.45) is -2.71. The fourth-order valence-electron chi connectivity index (χ4n) is 8.23. The number of benzene rings is 7. The minimum Gasteiger partial charge on any atom is -0.497 e. The van der Waals surface area contributed by atoms with Crippen LogP contribution in [0.1, 0.15) is 56.9 Å². The second-order valence-corrected chi connectivity index (χ2v) is 16.3. The molecule has 8 aromatic rings. The molecule has 0 aliphatic carbocycles. The van der Waals surface area contributed by atoms with Gasteiger partial charge in [0.15, 0.2) is 0 Å². The Bertz CT molecular complexity index is 2760. The number of fused-ring (bicyclic) bond motifs is 1. The summed E-state index contributed by atoms with van der Waals surface area (Å²) in [4.78, 5) is 0. The highest BCUT2D eigenvalue weighted by molar-refractivity contribution is 6.25. The summed E-state index contributed by atoms with van der Waals surface area (Å²) in [6, 6.07) is 57.2. The third kappa shape index (κ3) is 7.69. The molecular formula is C56H47F3O. The van der Waals surface area contributed by atoms with Crippen molar-refractivity contribution in [1.82, 2.24) is 0 Å². The Balaban J connectivity index is 1.67. The maximum atomic E-state index is 14.2. The van der Waals surface area contributed by atoms with E-state index in [1.54, 1.807) is 19.2 Å². The second-order valence-electron chi connectivity index (χ2n) is 16.3. The quantitative estimate of drug-likeness (QED) is 0.141. The molecule has 0 heterocycles. The minimum absolute atomic E-state index is 0.0756. The van der Waals surface area contributed by atoms with Gasteiger partial charge in [-0.3, -0.25) is 0 Å². The Morgan fingerprint density at radius 3 is 1.18 bits per heavy atom. The van der Waals surface area contributed by atoms with Crippen LogP contribution in [-0.4, -0.2) is 7.11 Å². The molecule has 8 rings (SSSR count). The molecule has 8 aromatic carbocycles. The van der Waals surface area contributed by atoms with E-state index in [-0.39, 0.29) is 5.41 Å². The zero-order valence-corrected chi connectivity index (χ0v) is 34.9. The standard InChI is InChI=1S/C56H47F3O/c1-7-36-14-18-38(19-15-36)47-34-35-48(39-20-16-37(8-2)17-21-39)54-52(41-22-28-44(29-23-41)55(3,4)5)50(43-26-32-46(60-6)33-27-43)49(40-12-10-9-11-13-40)51(53(47)54)42-24-30-45(31-25-42)56(57,58)59/h9-33H,7-8H2,1-6H3. The zero-order chi connectivity index (χ0) is 42.2. The summed E-state index contributed by atoms with van der Waals surface area (Å²) in [5.74, 6) is 0.720. The van der Waals surface area contributed by atoms with Gasteiger partial charge in [-0.05, 0) is 115 Å². The average molecular weight is 793 g/mol. The van der Waals surface area contributed by atoms with Crippen LogP contribution in [0.15, 0.2) is 152 Å². The molecule has 0 aliphatic heterocycles. The molecule has 4 heteroatoms. The maximum absolute atomic E-state index is 14.2. The number of halogens is 3. The molecule has 0 aliphatic rings.